The van der Waals surface area contributed by atoms with Crippen molar-refractivity contribution >= 4 is 23.5 Å². The SMILES string of the molecule is O=C1C=C(N2CCC[C@H]2C(=O)O)C(=O)C=C1N1CCC[C@H]1C(=O)O. The van der Waals surface area contributed by atoms with Crippen LogP contribution in [0.1, 0.15) is 25.7 Å². The van der Waals surface area contributed by atoms with E-state index >= 15 is 0 Å². The van der Waals surface area contributed by atoms with E-state index in [-0.39, 0.29) is 11.4 Å². The topological polar surface area (TPSA) is 115 Å². The maximum Gasteiger partial charge on any atom is 0.326 e. The molecule has 8 heteroatoms. The van der Waals surface area contributed by atoms with Gasteiger partial charge in [-0.25, -0.2) is 9.59 Å². The summed E-state index contributed by atoms with van der Waals surface area (Å²) in [6.45, 7) is 0.818. The summed E-state index contributed by atoms with van der Waals surface area (Å²) >= 11 is 0. The second kappa shape index (κ2) is 6.10. The molecule has 0 aromatic rings. The van der Waals surface area contributed by atoms with Crippen LogP contribution in [0, 0.1) is 0 Å². The van der Waals surface area contributed by atoms with Crippen molar-refractivity contribution in [2.45, 2.75) is 37.8 Å². The van der Waals surface area contributed by atoms with Crippen LogP contribution < -0.4 is 0 Å². The van der Waals surface area contributed by atoms with Crippen LogP contribution in [0.4, 0.5) is 0 Å². The fraction of sp³-hybridized carbons (Fsp3) is 0.500. The summed E-state index contributed by atoms with van der Waals surface area (Å²) in [5.41, 5.74) is 0.166. The third kappa shape index (κ3) is 2.68. The summed E-state index contributed by atoms with van der Waals surface area (Å²) in [5, 5.41) is 18.5. The van der Waals surface area contributed by atoms with Crippen molar-refractivity contribution in [2.75, 3.05) is 13.1 Å². The molecule has 2 fully saturated rings. The van der Waals surface area contributed by atoms with Gasteiger partial charge in [0, 0.05) is 25.2 Å². The molecule has 0 unspecified atom stereocenters. The largest absolute Gasteiger partial charge is 0.480 e. The first-order chi connectivity index (χ1) is 11.4. The molecule has 3 aliphatic rings. The van der Waals surface area contributed by atoms with Crippen molar-refractivity contribution in [2.24, 2.45) is 0 Å². The van der Waals surface area contributed by atoms with Gasteiger partial charge in [0.05, 0.1) is 11.4 Å². The van der Waals surface area contributed by atoms with Gasteiger partial charge >= 0.3 is 11.9 Å². The number of likely N-dealkylation sites (tertiary alicyclic amines) is 2. The van der Waals surface area contributed by atoms with Gasteiger partial charge in [-0.1, -0.05) is 0 Å². The number of hydrogen-bond acceptors (Lipinski definition) is 6. The van der Waals surface area contributed by atoms with Crippen molar-refractivity contribution in [1.82, 2.24) is 9.80 Å². The Labute approximate surface area is 138 Å². The summed E-state index contributed by atoms with van der Waals surface area (Å²) in [5.74, 6) is -2.94. The molecule has 2 aliphatic heterocycles. The highest BCUT2D eigenvalue weighted by Gasteiger charge is 2.39. The number of allylic oxidation sites excluding steroid dienone is 2. The number of rotatable bonds is 4. The molecule has 2 heterocycles. The van der Waals surface area contributed by atoms with Crippen LogP contribution in [-0.2, 0) is 19.2 Å². The van der Waals surface area contributed by atoms with E-state index in [1.165, 1.54) is 9.80 Å². The number of ketones is 2. The highest BCUT2D eigenvalue weighted by molar-refractivity contribution is 6.19. The van der Waals surface area contributed by atoms with Crippen molar-refractivity contribution in [3.8, 4) is 0 Å². The highest BCUT2D eigenvalue weighted by Crippen LogP contribution is 2.29. The molecule has 0 radical (unpaired) electrons. The maximum absolute atomic E-state index is 12.4. The van der Waals surface area contributed by atoms with E-state index in [4.69, 9.17) is 0 Å². The number of carbonyl (C=O) groups excluding carboxylic acids is 2. The van der Waals surface area contributed by atoms with Gasteiger partial charge in [0.1, 0.15) is 12.1 Å². The molecule has 0 amide bonds. The van der Waals surface area contributed by atoms with Gasteiger partial charge in [0.25, 0.3) is 0 Å². The van der Waals surface area contributed by atoms with Crippen LogP contribution in [0.25, 0.3) is 0 Å². The number of aliphatic carboxylic acids is 2. The summed E-state index contributed by atoms with van der Waals surface area (Å²) < 4.78 is 0. The molecule has 0 aromatic carbocycles. The number of nitrogens with zero attached hydrogens (tertiary/aromatic N) is 2. The quantitative estimate of drug-likeness (QED) is 0.691. The molecule has 8 nitrogen and oxygen atoms in total. The molecule has 0 bridgehead atoms. The zero-order valence-electron chi connectivity index (χ0n) is 13.0. The van der Waals surface area contributed by atoms with E-state index in [1.54, 1.807) is 0 Å². The summed E-state index contributed by atoms with van der Waals surface area (Å²) in [7, 11) is 0. The van der Waals surface area contributed by atoms with Crippen LogP contribution in [0.3, 0.4) is 0 Å². The number of carboxylic acids is 2. The molecule has 0 spiro atoms. The zero-order chi connectivity index (χ0) is 17.4. The third-order valence-corrected chi connectivity index (χ3v) is 4.74. The van der Waals surface area contributed by atoms with Gasteiger partial charge in [-0.3, -0.25) is 9.59 Å². The van der Waals surface area contributed by atoms with E-state index in [2.05, 4.69) is 0 Å². The second-order valence-corrected chi connectivity index (χ2v) is 6.17. The predicted molar refractivity (Wildman–Crippen MR) is 80.9 cm³/mol. The van der Waals surface area contributed by atoms with Gasteiger partial charge in [0.2, 0.25) is 11.6 Å². The fourth-order valence-corrected chi connectivity index (χ4v) is 3.61. The standard InChI is InChI=1S/C16H18N2O6/c19-13-8-12(18-6-2-4-10(18)16(23)24)14(20)7-11(13)17-5-1-3-9(17)15(21)22/h7-10H,1-6H2,(H,21,22)(H,23,24)/t9-,10-/m0/s1. The maximum atomic E-state index is 12.4. The molecule has 2 N–H and O–H groups in total. The van der Waals surface area contributed by atoms with Crippen molar-refractivity contribution in [3.05, 3.63) is 23.5 Å². The second-order valence-electron chi connectivity index (χ2n) is 6.17. The first-order valence-corrected chi connectivity index (χ1v) is 7.91. The average Bonchev–Trinajstić information content (AvgIpc) is 3.17. The smallest absolute Gasteiger partial charge is 0.326 e. The Balaban J connectivity index is 1.85. The highest BCUT2D eigenvalue weighted by atomic mass is 16.4. The Morgan fingerprint density at radius 2 is 1.21 bits per heavy atom. The minimum absolute atomic E-state index is 0.0831. The van der Waals surface area contributed by atoms with Crippen LogP contribution in [0.5, 0.6) is 0 Å². The van der Waals surface area contributed by atoms with E-state index in [1.807, 2.05) is 0 Å². The Bertz CT molecular complexity index is 622. The lowest BCUT2D eigenvalue weighted by Crippen LogP contribution is -2.42. The van der Waals surface area contributed by atoms with E-state index in [0.717, 1.165) is 12.2 Å². The fourth-order valence-electron chi connectivity index (χ4n) is 3.61. The minimum Gasteiger partial charge on any atom is -0.480 e. The number of carbonyl (C=O) groups is 4. The zero-order valence-corrected chi connectivity index (χ0v) is 13.0. The lowest BCUT2D eigenvalue weighted by molar-refractivity contribution is -0.143. The van der Waals surface area contributed by atoms with Gasteiger partial charge in [-0.05, 0) is 25.7 Å². The minimum atomic E-state index is -1.02. The molecule has 0 aromatic heterocycles. The van der Waals surface area contributed by atoms with Crippen molar-refractivity contribution in [3.63, 3.8) is 0 Å². The summed E-state index contributed by atoms with van der Waals surface area (Å²) in [6, 6.07) is -1.61. The van der Waals surface area contributed by atoms with Crippen LogP contribution in [0.15, 0.2) is 23.5 Å². The summed E-state index contributed by atoms with van der Waals surface area (Å²) in [6.07, 6.45) is 4.43. The van der Waals surface area contributed by atoms with Gasteiger partial charge in [0.15, 0.2) is 0 Å². The van der Waals surface area contributed by atoms with Crippen LogP contribution >= 0.6 is 0 Å². The first-order valence-electron chi connectivity index (χ1n) is 7.91. The van der Waals surface area contributed by atoms with Gasteiger partial charge < -0.3 is 20.0 Å². The molecule has 1 aliphatic carbocycles. The van der Waals surface area contributed by atoms with E-state index < -0.39 is 35.6 Å². The predicted octanol–water partition coefficient (Wildman–Crippen LogP) is 0.00400. The van der Waals surface area contributed by atoms with E-state index in [9.17, 15) is 29.4 Å². The van der Waals surface area contributed by atoms with E-state index in [0.29, 0.717) is 38.8 Å². The monoisotopic (exact) mass is 334 g/mol. The Hall–Kier alpha value is -2.64. The number of hydrogen-bond donors (Lipinski definition) is 2. The van der Waals surface area contributed by atoms with Gasteiger partial charge in [-0.15, -0.1) is 0 Å². The normalized spacial score (nSPS) is 27.3. The summed E-state index contributed by atoms with van der Waals surface area (Å²) in [4.78, 5) is 50.3. The third-order valence-electron chi connectivity index (χ3n) is 4.74. The molecule has 0 saturated carbocycles. The van der Waals surface area contributed by atoms with Crippen LogP contribution in [0.2, 0.25) is 0 Å². The molecule has 128 valence electrons. The van der Waals surface area contributed by atoms with Crippen molar-refractivity contribution < 1.29 is 29.4 Å². The lowest BCUT2D eigenvalue weighted by atomic mass is 10.0. The molecule has 2 saturated heterocycles. The van der Waals surface area contributed by atoms with Gasteiger partial charge in [-0.2, -0.15) is 0 Å². The molecular weight excluding hydrogens is 316 g/mol. The lowest BCUT2D eigenvalue weighted by Gasteiger charge is -2.30. The Kier molecular flexibility index (Phi) is 4.13. The molecule has 3 rings (SSSR count). The first kappa shape index (κ1) is 16.2. The molecule has 24 heavy (non-hydrogen) atoms. The Morgan fingerprint density at radius 1 is 0.833 bits per heavy atom. The molecule has 2 atom stereocenters. The van der Waals surface area contributed by atoms with Crippen molar-refractivity contribution in [1.29, 1.82) is 0 Å². The van der Waals surface area contributed by atoms with Crippen LogP contribution in [-0.4, -0.2) is 68.7 Å². The average molecular weight is 334 g/mol. The molecular formula is C16H18N2O6. The Morgan fingerprint density at radius 3 is 1.54 bits per heavy atom. The number of carboxylic acid groups (broad SMARTS) is 2.